The van der Waals surface area contributed by atoms with Crippen LogP contribution in [-0.4, -0.2) is 48.6 Å². The van der Waals surface area contributed by atoms with E-state index < -0.39 is 6.10 Å². The first kappa shape index (κ1) is 39.1. The molecule has 1 aliphatic heterocycles. The molecule has 1 aliphatic rings. The molecule has 6 heteroatoms. The van der Waals surface area contributed by atoms with E-state index in [9.17, 15) is 14.7 Å². The molecule has 0 aromatic rings. The number of ether oxygens (including phenoxy) is 3. The predicted molar refractivity (Wildman–Crippen MR) is 177 cm³/mol. The fourth-order valence-electron chi connectivity index (χ4n) is 4.99. The third kappa shape index (κ3) is 26.2. The second kappa shape index (κ2) is 28.8. The monoisotopic (exact) mass is 604 g/mol. The minimum atomic E-state index is -0.991. The van der Waals surface area contributed by atoms with Gasteiger partial charge in [0.2, 0.25) is 0 Å². The van der Waals surface area contributed by atoms with Crippen LogP contribution in [0, 0.1) is 0 Å². The number of carbonyl (C=O) groups excluding carboxylic acids is 2. The lowest BCUT2D eigenvalue weighted by molar-refractivity contribution is -0.152. The molecule has 0 aromatic carbocycles. The van der Waals surface area contributed by atoms with E-state index in [1.54, 1.807) is 0 Å². The Bertz CT molecular complexity index is 758. The van der Waals surface area contributed by atoms with Gasteiger partial charge in [0.1, 0.15) is 19.3 Å². The van der Waals surface area contributed by atoms with Crippen molar-refractivity contribution in [3.63, 3.8) is 0 Å². The fourth-order valence-corrected chi connectivity index (χ4v) is 4.99. The van der Waals surface area contributed by atoms with Crippen molar-refractivity contribution >= 4 is 11.9 Å². The Morgan fingerprint density at radius 2 is 1.12 bits per heavy atom. The zero-order chi connectivity index (χ0) is 31.2. The van der Waals surface area contributed by atoms with Crippen molar-refractivity contribution < 1.29 is 28.9 Å². The van der Waals surface area contributed by atoms with Crippen LogP contribution in [0.25, 0.3) is 0 Å². The number of aliphatic hydroxyl groups excluding tert-OH is 1. The Kier molecular flexibility index (Phi) is 26.2. The Morgan fingerprint density at radius 3 is 1.72 bits per heavy atom. The molecule has 0 aromatic heterocycles. The zero-order valence-corrected chi connectivity index (χ0v) is 27.7. The largest absolute Gasteiger partial charge is 0.463 e. The standard InChI is InChI=1S/C37H64O6/c1-3-5-7-9-11-13-15-17-18-20-22-24-27-34-35(43-34)28-26-30-37(40)42-32-33(38)31-41-36(39)29-25-23-21-19-16-14-12-10-8-6-4-2/h11,13,17-18,22,24,33-35,38H,3-10,12,14-16,19-21,23,25-32H2,1-2H3/b13-11-,18-17-,24-22-/t33-,34?,35?/m0/s1. The molecule has 2 unspecified atom stereocenters. The van der Waals surface area contributed by atoms with Gasteiger partial charge in [-0.15, -0.1) is 0 Å². The average molecular weight is 605 g/mol. The number of hydrogen-bond acceptors (Lipinski definition) is 6. The Labute approximate surface area is 263 Å². The molecule has 0 saturated carbocycles. The average Bonchev–Trinajstić information content (AvgIpc) is 3.76. The highest BCUT2D eigenvalue weighted by molar-refractivity contribution is 5.69. The molecule has 1 heterocycles. The Hall–Kier alpha value is -1.92. The molecule has 248 valence electrons. The van der Waals surface area contributed by atoms with E-state index in [1.165, 1.54) is 77.0 Å². The van der Waals surface area contributed by atoms with Gasteiger partial charge in [-0.25, -0.2) is 0 Å². The minimum absolute atomic E-state index is 0.138. The Morgan fingerprint density at radius 1 is 0.628 bits per heavy atom. The van der Waals surface area contributed by atoms with E-state index >= 15 is 0 Å². The van der Waals surface area contributed by atoms with Crippen molar-refractivity contribution in [2.75, 3.05) is 13.2 Å². The van der Waals surface area contributed by atoms with E-state index in [-0.39, 0.29) is 37.4 Å². The molecule has 0 bridgehead atoms. The highest BCUT2D eigenvalue weighted by atomic mass is 16.6. The first-order valence-corrected chi connectivity index (χ1v) is 17.7. The van der Waals surface area contributed by atoms with Crippen molar-refractivity contribution in [3.05, 3.63) is 36.5 Å². The summed E-state index contributed by atoms with van der Waals surface area (Å²) in [5.74, 6) is -0.640. The van der Waals surface area contributed by atoms with Gasteiger partial charge < -0.3 is 19.3 Å². The van der Waals surface area contributed by atoms with Gasteiger partial charge in [-0.1, -0.05) is 127 Å². The summed E-state index contributed by atoms with van der Waals surface area (Å²) in [7, 11) is 0. The zero-order valence-electron chi connectivity index (χ0n) is 27.7. The SMILES string of the molecule is CCCCC/C=C\C/C=C\C/C=C\CC1OC1CCCC(=O)OC[C@@H](O)COC(=O)CCCCCCCCCCCCC. The third-order valence-corrected chi connectivity index (χ3v) is 7.80. The van der Waals surface area contributed by atoms with E-state index in [1.807, 2.05) is 0 Å². The Balaban J connectivity index is 1.90. The minimum Gasteiger partial charge on any atom is -0.463 e. The summed E-state index contributed by atoms with van der Waals surface area (Å²) < 4.78 is 16.0. The maximum Gasteiger partial charge on any atom is 0.305 e. The van der Waals surface area contributed by atoms with Crippen LogP contribution >= 0.6 is 0 Å². The number of epoxide rings is 1. The van der Waals surface area contributed by atoms with Crippen LogP contribution in [0.2, 0.25) is 0 Å². The quantitative estimate of drug-likeness (QED) is 0.0380. The molecule has 0 aliphatic carbocycles. The normalized spacial score (nSPS) is 17.3. The van der Waals surface area contributed by atoms with Crippen molar-refractivity contribution in [1.82, 2.24) is 0 Å². The second-order valence-electron chi connectivity index (χ2n) is 12.0. The molecular weight excluding hydrogens is 540 g/mol. The van der Waals surface area contributed by atoms with Crippen LogP contribution in [0.3, 0.4) is 0 Å². The number of carbonyl (C=O) groups is 2. The maximum atomic E-state index is 12.0. The molecular formula is C37H64O6. The van der Waals surface area contributed by atoms with Gasteiger partial charge in [-0.05, 0) is 51.4 Å². The fraction of sp³-hybridized carbons (Fsp3) is 0.784. The van der Waals surface area contributed by atoms with Crippen molar-refractivity contribution in [2.45, 2.75) is 173 Å². The number of hydrogen-bond donors (Lipinski definition) is 1. The van der Waals surface area contributed by atoms with Gasteiger partial charge in [0.05, 0.1) is 12.2 Å². The molecule has 1 N–H and O–H groups in total. The van der Waals surface area contributed by atoms with Gasteiger partial charge in [0, 0.05) is 12.8 Å². The molecule has 43 heavy (non-hydrogen) atoms. The third-order valence-electron chi connectivity index (χ3n) is 7.80. The molecule has 6 nitrogen and oxygen atoms in total. The molecule has 0 radical (unpaired) electrons. The first-order chi connectivity index (χ1) is 21.1. The van der Waals surface area contributed by atoms with Gasteiger partial charge in [0.25, 0.3) is 0 Å². The summed E-state index contributed by atoms with van der Waals surface area (Å²) in [4.78, 5) is 23.9. The highest BCUT2D eigenvalue weighted by Gasteiger charge is 2.36. The van der Waals surface area contributed by atoms with Crippen molar-refractivity contribution in [1.29, 1.82) is 0 Å². The van der Waals surface area contributed by atoms with E-state index in [2.05, 4.69) is 50.3 Å². The lowest BCUT2D eigenvalue weighted by Crippen LogP contribution is -2.25. The van der Waals surface area contributed by atoms with Crippen LogP contribution in [0.4, 0.5) is 0 Å². The highest BCUT2D eigenvalue weighted by Crippen LogP contribution is 2.30. The van der Waals surface area contributed by atoms with E-state index in [0.717, 1.165) is 44.9 Å². The second-order valence-corrected chi connectivity index (χ2v) is 12.0. The summed E-state index contributed by atoms with van der Waals surface area (Å²) in [5, 5.41) is 9.99. The van der Waals surface area contributed by atoms with Gasteiger partial charge in [-0.3, -0.25) is 9.59 Å². The maximum absolute atomic E-state index is 12.0. The lowest BCUT2D eigenvalue weighted by Gasteiger charge is -2.12. The van der Waals surface area contributed by atoms with Gasteiger partial charge in [-0.2, -0.15) is 0 Å². The van der Waals surface area contributed by atoms with Crippen LogP contribution in [0.15, 0.2) is 36.5 Å². The number of esters is 2. The van der Waals surface area contributed by atoms with Crippen LogP contribution in [0.1, 0.15) is 155 Å². The summed E-state index contributed by atoms with van der Waals surface area (Å²) in [6.45, 7) is 4.18. The van der Waals surface area contributed by atoms with Crippen LogP contribution < -0.4 is 0 Å². The number of rotatable bonds is 30. The summed E-state index contributed by atoms with van der Waals surface area (Å²) in [6.07, 6.45) is 36.4. The molecule has 0 spiro atoms. The van der Waals surface area contributed by atoms with Crippen molar-refractivity contribution in [3.8, 4) is 0 Å². The van der Waals surface area contributed by atoms with E-state index in [4.69, 9.17) is 14.2 Å². The topological polar surface area (TPSA) is 85.4 Å². The number of aliphatic hydroxyl groups is 1. The number of allylic oxidation sites excluding steroid dienone is 5. The molecule has 1 rings (SSSR count). The van der Waals surface area contributed by atoms with Gasteiger partial charge in [0.15, 0.2) is 0 Å². The smallest absolute Gasteiger partial charge is 0.305 e. The molecule has 1 fully saturated rings. The van der Waals surface area contributed by atoms with Crippen molar-refractivity contribution in [2.24, 2.45) is 0 Å². The van der Waals surface area contributed by atoms with Crippen LogP contribution in [0.5, 0.6) is 0 Å². The summed E-state index contributed by atoms with van der Waals surface area (Å²) >= 11 is 0. The van der Waals surface area contributed by atoms with Gasteiger partial charge >= 0.3 is 11.9 Å². The molecule has 3 atom stereocenters. The lowest BCUT2D eigenvalue weighted by atomic mass is 10.1. The molecule has 1 saturated heterocycles. The van der Waals surface area contributed by atoms with Crippen LogP contribution in [-0.2, 0) is 23.8 Å². The predicted octanol–water partition coefficient (Wildman–Crippen LogP) is 9.49. The number of unbranched alkanes of at least 4 members (excludes halogenated alkanes) is 13. The molecule has 0 amide bonds. The first-order valence-electron chi connectivity index (χ1n) is 17.7. The van der Waals surface area contributed by atoms with E-state index in [0.29, 0.717) is 19.3 Å². The summed E-state index contributed by atoms with van der Waals surface area (Å²) in [6, 6.07) is 0. The summed E-state index contributed by atoms with van der Waals surface area (Å²) in [5.41, 5.74) is 0.